The van der Waals surface area contributed by atoms with E-state index >= 15 is 0 Å². The second-order valence-corrected chi connectivity index (χ2v) is 7.00. The number of rotatable bonds is 0. The van der Waals surface area contributed by atoms with E-state index in [9.17, 15) is 14.4 Å². The lowest BCUT2D eigenvalue weighted by Crippen LogP contribution is -2.14. The number of aromatic nitrogens is 2. The fraction of sp³-hybridized carbons (Fsp3) is 0.500. The van der Waals surface area contributed by atoms with Gasteiger partial charge in [0, 0.05) is 42.6 Å². The van der Waals surface area contributed by atoms with Crippen LogP contribution >= 0.6 is 0 Å². The normalized spacial score (nSPS) is 17.9. The van der Waals surface area contributed by atoms with E-state index in [4.69, 9.17) is 5.73 Å². The molecule has 6 heteroatoms. The number of fused-ring (bicyclic) bond motifs is 2. The third-order valence-corrected chi connectivity index (χ3v) is 5.07. The molecule has 0 fully saturated rings. The first-order valence-electron chi connectivity index (χ1n) is 9.26. The Hall–Kier alpha value is -2.47. The van der Waals surface area contributed by atoms with Crippen molar-refractivity contribution in [3.05, 3.63) is 67.5 Å². The van der Waals surface area contributed by atoms with Gasteiger partial charge in [-0.25, -0.2) is 0 Å². The number of Topliss-reactive ketones (excluding diaryl/α,β-unsaturated/α-hetero) is 1. The molecule has 0 aliphatic heterocycles. The molecule has 0 bridgehead atoms. The van der Waals surface area contributed by atoms with E-state index in [-0.39, 0.29) is 37.8 Å². The zero-order valence-corrected chi connectivity index (χ0v) is 14.8. The molecule has 4 N–H and O–H groups in total. The van der Waals surface area contributed by atoms with Gasteiger partial charge in [-0.05, 0) is 55.2 Å². The van der Waals surface area contributed by atoms with Crippen molar-refractivity contribution in [2.24, 2.45) is 5.73 Å². The second kappa shape index (κ2) is 10.8. The predicted molar refractivity (Wildman–Crippen MR) is 114 cm³/mol. The summed E-state index contributed by atoms with van der Waals surface area (Å²) in [5.74, 6) is 0.156. The number of pyridine rings is 2. The molecule has 6 nitrogen and oxygen atoms in total. The molecular weight excluding hydrogens is 354 g/mol. The van der Waals surface area contributed by atoms with Crippen LogP contribution in [-0.4, -0.2) is 15.8 Å². The molecule has 0 saturated heterocycles. The quantitative estimate of drug-likeness (QED) is 0.599. The number of H-pyrrole nitrogens is 2. The van der Waals surface area contributed by atoms with E-state index in [1.165, 1.54) is 0 Å². The number of ketones is 1. The maximum atomic E-state index is 11.5. The van der Waals surface area contributed by atoms with Crippen LogP contribution in [0, 0.1) is 0 Å². The van der Waals surface area contributed by atoms with Crippen molar-refractivity contribution in [3.63, 3.8) is 0 Å². The molecule has 2 aromatic rings. The van der Waals surface area contributed by atoms with Gasteiger partial charge in [0.2, 0.25) is 11.1 Å². The monoisotopic (exact) mass is 387 g/mol. The molecule has 2 aromatic heterocycles. The Labute approximate surface area is 166 Å². The third kappa shape index (κ3) is 5.76. The van der Waals surface area contributed by atoms with E-state index in [1.54, 1.807) is 24.5 Å². The molecule has 28 heavy (non-hydrogen) atoms. The van der Waals surface area contributed by atoms with Gasteiger partial charge in [0.15, 0.2) is 5.78 Å². The van der Waals surface area contributed by atoms with Crippen LogP contribution in [0.4, 0.5) is 0 Å². The molecule has 1 unspecified atom stereocenters. The van der Waals surface area contributed by atoms with Gasteiger partial charge < -0.3 is 15.7 Å². The van der Waals surface area contributed by atoms with Crippen LogP contribution in [0.3, 0.4) is 0 Å². The van der Waals surface area contributed by atoms with E-state index in [0.29, 0.717) is 12.0 Å². The standard InChI is InChI=1S/C10H14N2O.C10H11NO2.2CH4/c11-9-4-2-1-3-7-5-10(13)12-6-8(7)9;12-9-4-2-1-3-7-5-10(13)11-6-8(7)9;;/h5-6,9H,1-4,11H2,(H,12,13);5-6H,1-4H2,(H,11,13);2*1H4. The summed E-state index contributed by atoms with van der Waals surface area (Å²) in [6.45, 7) is 0. The minimum absolute atomic E-state index is 0. The Bertz CT molecular complexity index is 898. The minimum atomic E-state index is -0.117. The van der Waals surface area contributed by atoms with E-state index in [0.717, 1.165) is 61.6 Å². The van der Waals surface area contributed by atoms with Crippen molar-refractivity contribution >= 4 is 5.78 Å². The maximum Gasteiger partial charge on any atom is 0.248 e. The molecule has 154 valence electrons. The summed E-state index contributed by atoms with van der Waals surface area (Å²) in [5.41, 5.74) is 9.71. The summed E-state index contributed by atoms with van der Waals surface area (Å²) in [4.78, 5) is 38.8. The van der Waals surface area contributed by atoms with Crippen molar-refractivity contribution in [3.8, 4) is 0 Å². The second-order valence-electron chi connectivity index (χ2n) is 7.00. The average molecular weight is 388 g/mol. The van der Waals surface area contributed by atoms with Crippen molar-refractivity contribution in [1.82, 2.24) is 9.97 Å². The molecule has 0 spiro atoms. The highest BCUT2D eigenvalue weighted by atomic mass is 16.1. The van der Waals surface area contributed by atoms with Gasteiger partial charge >= 0.3 is 0 Å². The molecule has 4 rings (SSSR count). The first-order valence-corrected chi connectivity index (χ1v) is 9.26. The Morgan fingerprint density at radius 2 is 1.36 bits per heavy atom. The molecule has 0 radical (unpaired) electrons. The third-order valence-electron chi connectivity index (χ3n) is 5.07. The predicted octanol–water partition coefficient (Wildman–Crippen LogP) is 3.66. The summed E-state index contributed by atoms with van der Waals surface area (Å²) in [7, 11) is 0. The lowest BCUT2D eigenvalue weighted by molar-refractivity contribution is 0.0981. The average Bonchev–Trinajstić information content (AvgIpc) is 2.91. The van der Waals surface area contributed by atoms with Crippen LogP contribution in [0.2, 0.25) is 0 Å². The van der Waals surface area contributed by atoms with E-state index < -0.39 is 0 Å². The molecule has 2 aliphatic rings. The van der Waals surface area contributed by atoms with E-state index in [2.05, 4.69) is 9.97 Å². The maximum absolute atomic E-state index is 11.5. The van der Waals surface area contributed by atoms with Crippen LogP contribution in [0.15, 0.2) is 34.1 Å². The number of nitrogens with two attached hydrogens (primary N) is 1. The number of carbonyl (C=O) groups excluding carboxylic acids is 1. The van der Waals surface area contributed by atoms with Gasteiger partial charge in [0.25, 0.3) is 0 Å². The first-order chi connectivity index (χ1) is 12.5. The van der Waals surface area contributed by atoms with Crippen LogP contribution in [0.5, 0.6) is 0 Å². The van der Waals surface area contributed by atoms with Gasteiger partial charge in [0.05, 0.1) is 0 Å². The molecule has 0 amide bonds. The smallest absolute Gasteiger partial charge is 0.248 e. The number of hydrogen-bond acceptors (Lipinski definition) is 4. The van der Waals surface area contributed by atoms with Gasteiger partial charge in [-0.2, -0.15) is 0 Å². The zero-order chi connectivity index (χ0) is 18.5. The number of aryl methyl sites for hydroxylation is 2. The summed E-state index contributed by atoms with van der Waals surface area (Å²) in [6, 6.07) is 3.33. The highest BCUT2D eigenvalue weighted by Crippen LogP contribution is 2.24. The zero-order valence-electron chi connectivity index (χ0n) is 14.8. The summed E-state index contributed by atoms with van der Waals surface area (Å²) < 4.78 is 0. The van der Waals surface area contributed by atoms with E-state index in [1.807, 2.05) is 0 Å². The van der Waals surface area contributed by atoms with Crippen LogP contribution < -0.4 is 16.9 Å². The minimum Gasteiger partial charge on any atom is -0.329 e. The summed E-state index contributed by atoms with van der Waals surface area (Å²) in [5, 5.41) is 0. The van der Waals surface area contributed by atoms with Gasteiger partial charge in [0.1, 0.15) is 0 Å². The molecule has 1 atom stereocenters. The molecule has 2 heterocycles. The number of nitrogens with one attached hydrogen (secondary N) is 2. The largest absolute Gasteiger partial charge is 0.329 e. The fourth-order valence-electron chi connectivity index (χ4n) is 3.64. The molecule has 0 saturated carbocycles. The Morgan fingerprint density at radius 1 is 0.786 bits per heavy atom. The summed E-state index contributed by atoms with van der Waals surface area (Å²) >= 11 is 0. The first kappa shape index (κ1) is 23.6. The van der Waals surface area contributed by atoms with Crippen LogP contribution in [0.25, 0.3) is 0 Å². The highest BCUT2D eigenvalue weighted by molar-refractivity contribution is 5.97. The lowest BCUT2D eigenvalue weighted by Gasteiger charge is -2.10. The van der Waals surface area contributed by atoms with Crippen molar-refractivity contribution < 1.29 is 4.79 Å². The Balaban J connectivity index is 0.000000261. The Kier molecular flexibility index (Phi) is 9.06. The van der Waals surface area contributed by atoms with Crippen LogP contribution in [0.1, 0.15) is 86.5 Å². The number of hydrogen-bond donors (Lipinski definition) is 3. The fourth-order valence-corrected chi connectivity index (χ4v) is 3.64. The van der Waals surface area contributed by atoms with Crippen molar-refractivity contribution in [1.29, 1.82) is 0 Å². The van der Waals surface area contributed by atoms with Gasteiger partial charge in [-0.15, -0.1) is 0 Å². The lowest BCUT2D eigenvalue weighted by atomic mass is 10.0. The summed E-state index contributed by atoms with van der Waals surface area (Å²) in [6.07, 6.45) is 11.0. The van der Waals surface area contributed by atoms with Gasteiger partial charge in [-0.1, -0.05) is 21.3 Å². The van der Waals surface area contributed by atoms with Crippen LogP contribution in [-0.2, 0) is 12.8 Å². The Morgan fingerprint density at radius 3 is 2.11 bits per heavy atom. The van der Waals surface area contributed by atoms with Crippen molar-refractivity contribution in [2.75, 3.05) is 0 Å². The number of aromatic amines is 2. The van der Waals surface area contributed by atoms with Crippen molar-refractivity contribution in [2.45, 2.75) is 72.3 Å². The van der Waals surface area contributed by atoms with Gasteiger partial charge in [-0.3, -0.25) is 14.4 Å². The topological polar surface area (TPSA) is 109 Å². The molecule has 2 aliphatic carbocycles. The SMILES string of the molecule is C.C.NC1CCCCc2cc(=O)[nH]cc21.O=C1CCCCc2cc(=O)[nH]cc21. The molecule has 0 aromatic carbocycles. The highest BCUT2D eigenvalue weighted by Gasteiger charge is 2.16. The number of carbonyl (C=O) groups is 1. The molecular formula is C22H33N3O3.